The summed E-state index contributed by atoms with van der Waals surface area (Å²) in [6.07, 6.45) is 0.493. The van der Waals surface area contributed by atoms with Crippen molar-refractivity contribution in [1.29, 1.82) is 0 Å². The zero-order chi connectivity index (χ0) is 14.0. The van der Waals surface area contributed by atoms with Gasteiger partial charge in [0.25, 0.3) is 0 Å². The predicted octanol–water partition coefficient (Wildman–Crippen LogP) is 4.75. The second-order valence-electron chi connectivity index (χ2n) is 5.07. The Morgan fingerprint density at radius 3 is 2.21 bits per heavy atom. The van der Waals surface area contributed by atoms with Gasteiger partial charge in [-0.25, -0.2) is 0 Å². The van der Waals surface area contributed by atoms with E-state index in [1.165, 1.54) is 5.56 Å². The highest BCUT2D eigenvalue weighted by Crippen LogP contribution is 2.29. The average molecular weight is 295 g/mol. The van der Waals surface area contributed by atoms with Crippen molar-refractivity contribution in [3.63, 3.8) is 0 Å². The molecule has 1 N–H and O–H groups in total. The lowest BCUT2D eigenvalue weighted by Gasteiger charge is -2.24. The maximum Gasteiger partial charge on any atom is 0.0908 e. The van der Waals surface area contributed by atoms with Crippen molar-refractivity contribution in [1.82, 2.24) is 0 Å². The molecule has 1 atom stereocenters. The SMILES string of the molecule is Cc1ccc(C(C)(O)Cc2ccc(Cl)c(Cl)c2)cc1. The summed E-state index contributed by atoms with van der Waals surface area (Å²) in [5.41, 5.74) is 2.10. The molecule has 3 heteroatoms. The van der Waals surface area contributed by atoms with Gasteiger partial charge in [-0.05, 0) is 37.1 Å². The first-order chi connectivity index (χ1) is 8.88. The largest absolute Gasteiger partial charge is 0.385 e. The summed E-state index contributed by atoms with van der Waals surface area (Å²) in [7, 11) is 0. The highest BCUT2D eigenvalue weighted by atomic mass is 35.5. The maximum absolute atomic E-state index is 10.6. The highest BCUT2D eigenvalue weighted by molar-refractivity contribution is 6.42. The van der Waals surface area contributed by atoms with Crippen LogP contribution in [0.15, 0.2) is 42.5 Å². The molecule has 0 aliphatic heterocycles. The fourth-order valence-electron chi connectivity index (χ4n) is 2.06. The molecule has 0 fully saturated rings. The second-order valence-corrected chi connectivity index (χ2v) is 5.88. The molecule has 100 valence electrons. The highest BCUT2D eigenvalue weighted by Gasteiger charge is 2.23. The molecule has 0 radical (unpaired) electrons. The standard InChI is InChI=1S/C16H16Cl2O/c1-11-3-6-13(7-4-11)16(2,19)10-12-5-8-14(17)15(18)9-12/h3-9,19H,10H2,1-2H3. The van der Waals surface area contributed by atoms with Crippen LogP contribution in [0.5, 0.6) is 0 Å². The number of aliphatic hydroxyl groups is 1. The van der Waals surface area contributed by atoms with Gasteiger partial charge in [0.05, 0.1) is 15.6 Å². The summed E-state index contributed by atoms with van der Waals surface area (Å²) in [4.78, 5) is 0. The molecule has 0 heterocycles. The molecular weight excluding hydrogens is 279 g/mol. The quantitative estimate of drug-likeness (QED) is 0.866. The van der Waals surface area contributed by atoms with Crippen molar-refractivity contribution < 1.29 is 5.11 Å². The van der Waals surface area contributed by atoms with Crippen molar-refractivity contribution in [3.8, 4) is 0 Å². The Morgan fingerprint density at radius 1 is 1.00 bits per heavy atom. The number of hydrogen-bond acceptors (Lipinski definition) is 1. The van der Waals surface area contributed by atoms with Crippen LogP contribution in [0.1, 0.15) is 23.6 Å². The molecular formula is C16H16Cl2O. The topological polar surface area (TPSA) is 20.2 Å². The molecule has 19 heavy (non-hydrogen) atoms. The minimum absolute atomic E-state index is 0.493. The van der Waals surface area contributed by atoms with Gasteiger partial charge in [0.2, 0.25) is 0 Å². The van der Waals surface area contributed by atoms with Gasteiger partial charge in [-0.1, -0.05) is 59.1 Å². The summed E-state index contributed by atoms with van der Waals surface area (Å²) in [6, 6.07) is 13.3. The van der Waals surface area contributed by atoms with E-state index in [2.05, 4.69) is 0 Å². The monoisotopic (exact) mass is 294 g/mol. The summed E-state index contributed by atoms with van der Waals surface area (Å²) in [6.45, 7) is 3.83. The van der Waals surface area contributed by atoms with Crippen LogP contribution in [0, 0.1) is 6.92 Å². The summed E-state index contributed by atoms with van der Waals surface area (Å²) in [5, 5.41) is 11.7. The van der Waals surface area contributed by atoms with Crippen LogP contribution in [0.4, 0.5) is 0 Å². The normalized spacial score (nSPS) is 14.2. The smallest absolute Gasteiger partial charge is 0.0908 e. The third kappa shape index (κ3) is 3.50. The number of aryl methyl sites for hydroxylation is 1. The van der Waals surface area contributed by atoms with Crippen molar-refractivity contribution in [3.05, 3.63) is 69.2 Å². The number of benzene rings is 2. The summed E-state index contributed by atoms with van der Waals surface area (Å²) in [5.74, 6) is 0. The van der Waals surface area contributed by atoms with Gasteiger partial charge in [0, 0.05) is 6.42 Å². The Bertz CT molecular complexity index is 574. The molecule has 0 amide bonds. The molecule has 1 unspecified atom stereocenters. The third-order valence-electron chi connectivity index (χ3n) is 3.21. The zero-order valence-corrected chi connectivity index (χ0v) is 12.5. The Hall–Kier alpha value is -1.02. The number of rotatable bonds is 3. The lowest BCUT2D eigenvalue weighted by atomic mass is 9.89. The van der Waals surface area contributed by atoms with Crippen LogP contribution < -0.4 is 0 Å². The Balaban J connectivity index is 2.25. The van der Waals surface area contributed by atoms with E-state index in [4.69, 9.17) is 23.2 Å². The molecule has 0 aliphatic carbocycles. The molecule has 0 spiro atoms. The van der Waals surface area contributed by atoms with Gasteiger partial charge in [0.1, 0.15) is 0 Å². The first-order valence-electron chi connectivity index (χ1n) is 6.12. The molecule has 0 saturated carbocycles. The van der Waals surface area contributed by atoms with Crippen LogP contribution in [0.2, 0.25) is 10.0 Å². The third-order valence-corrected chi connectivity index (χ3v) is 3.94. The predicted molar refractivity (Wildman–Crippen MR) is 80.9 cm³/mol. The fourth-order valence-corrected chi connectivity index (χ4v) is 2.38. The first kappa shape index (κ1) is 14.4. The van der Waals surface area contributed by atoms with E-state index in [1.807, 2.05) is 37.3 Å². The number of hydrogen-bond donors (Lipinski definition) is 1. The lowest BCUT2D eigenvalue weighted by molar-refractivity contribution is 0.0576. The van der Waals surface area contributed by atoms with Crippen molar-refractivity contribution in [2.24, 2.45) is 0 Å². The van der Waals surface area contributed by atoms with Crippen molar-refractivity contribution >= 4 is 23.2 Å². The minimum atomic E-state index is -0.926. The number of halogens is 2. The summed E-state index contributed by atoms with van der Waals surface area (Å²) >= 11 is 11.9. The van der Waals surface area contributed by atoms with E-state index in [-0.39, 0.29) is 0 Å². The van der Waals surface area contributed by atoms with Crippen LogP contribution in [0.3, 0.4) is 0 Å². The molecule has 0 aliphatic rings. The Kier molecular flexibility index (Phi) is 4.19. The van der Waals surface area contributed by atoms with E-state index in [0.29, 0.717) is 16.5 Å². The molecule has 1 nitrogen and oxygen atoms in total. The second kappa shape index (κ2) is 5.54. The van der Waals surface area contributed by atoms with Crippen LogP contribution in [0.25, 0.3) is 0 Å². The molecule has 2 aromatic rings. The van der Waals surface area contributed by atoms with E-state index < -0.39 is 5.60 Å². The van der Waals surface area contributed by atoms with E-state index in [0.717, 1.165) is 11.1 Å². The van der Waals surface area contributed by atoms with E-state index in [9.17, 15) is 5.11 Å². The first-order valence-corrected chi connectivity index (χ1v) is 6.87. The lowest BCUT2D eigenvalue weighted by Crippen LogP contribution is -2.24. The zero-order valence-electron chi connectivity index (χ0n) is 11.0. The van der Waals surface area contributed by atoms with Gasteiger partial charge in [-0.15, -0.1) is 0 Å². The molecule has 0 saturated heterocycles. The van der Waals surface area contributed by atoms with Crippen LogP contribution in [-0.4, -0.2) is 5.11 Å². The van der Waals surface area contributed by atoms with Crippen LogP contribution >= 0.6 is 23.2 Å². The molecule has 2 rings (SSSR count). The Labute approximate surface area is 123 Å². The summed E-state index contributed by atoms with van der Waals surface area (Å²) < 4.78 is 0. The minimum Gasteiger partial charge on any atom is -0.385 e. The van der Waals surface area contributed by atoms with E-state index >= 15 is 0 Å². The van der Waals surface area contributed by atoms with Gasteiger partial charge >= 0.3 is 0 Å². The molecule has 0 aromatic heterocycles. The Morgan fingerprint density at radius 2 is 1.63 bits per heavy atom. The van der Waals surface area contributed by atoms with Gasteiger partial charge in [0.15, 0.2) is 0 Å². The molecule has 0 bridgehead atoms. The molecule has 2 aromatic carbocycles. The van der Waals surface area contributed by atoms with Crippen molar-refractivity contribution in [2.45, 2.75) is 25.9 Å². The van der Waals surface area contributed by atoms with Gasteiger partial charge < -0.3 is 5.11 Å². The average Bonchev–Trinajstić information content (AvgIpc) is 2.34. The van der Waals surface area contributed by atoms with E-state index in [1.54, 1.807) is 19.1 Å². The van der Waals surface area contributed by atoms with Gasteiger partial charge in [-0.3, -0.25) is 0 Å². The van der Waals surface area contributed by atoms with Crippen LogP contribution in [-0.2, 0) is 12.0 Å². The maximum atomic E-state index is 10.6. The fraction of sp³-hybridized carbons (Fsp3) is 0.250. The van der Waals surface area contributed by atoms with Crippen molar-refractivity contribution in [2.75, 3.05) is 0 Å². The van der Waals surface area contributed by atoms with Gasteiger partial charge in [-0.2, -0.15) is 0 Å².